The summed E-state index contributed by atoms with van der Waals surface area (Å²) in [6, 6.07) is 13.1. The van der Waals surface area contributed by atoms with E-state index in [-0.39, 0.29) is 35.2 Å². The Morgan fingerprint density at radius 3 is 2.31 bits per heavy atom. The van der Waals surface area contributed by atoms with Crippen LogP contribution in [-0.2, 0) is 30.7 Å². The number of nitrogens with one attached hydrogen (secondary N) is 1. The maximum Gasteiger partial charge on any atom is 0.340 e. The number of sulfone groups is 1. The summed E-state index contributed by atoms with van der Waals surface area (Å²) < 4.78 is 33.1. The van der Waals surface area contributed by atoms with Gasteiger partial charge in [0.25, 0.3) is 0 Å². The highest BCUT2D eigenvalue weighted by Gasteiger charge is 2.26. The molecule has 1 aromatic heterocycles. The van der Waals surface area contributed by atoms with Crippen LogP contribution in [0, 0.1) is 0 Å². The molecule has 2 amide bonds. The van der Waals surface area contributed by atoms with Crippen molar-refractivity contribution in [1.29, 1.82) is 0 Å². The monoisotopic (exact) mass is 499 g/mol. The van der Waals surface area contributed by atoms with Gasteiger partial charge >= 0.3 is 5.97 Å². The number of carbonyl (C=O) groups excluding carboxylic acids is 3. The number of rotatable bonds is 10. The lowest BCUT2D eigenvalue weighted by Crippen LogP contribution is -2.33. The first-order valence-electron chi connectivity index (χ1n) is 11.4. The highest BCUT2D eigenvalue weighted by molar-refractivity contribution is 7.92. The molecule has 0 radical (unpaired) electrons. The molecule has 1 heterocycles. The van der Waals surface area contributed by atoms with E-state index in [1.807, 2.05) is 13.8 Å². The molecule has 0 bridgehead atoms. The van der Waals surface area contributed by atoms with E-state index < -0.39 is 27.5 Å². The number of esters is 1. The van der Waals surface area contributed by atoms with Crippen molar-refractivity contribution in [1.82, 2.24) is 9.47 Å². The summed E-state index contributed by atoms with van der Waals surface area (Å²) in [7, 11) is -4.07. The van der Waals surface area contributed by atoms with Gasteiger partial charge < -0.3 is 19.5 Å². The molecule has 186 valence electrons. The molecule has 9 nitrogen and oxygen atoms in total. The van der Waals surface area contributed by atoms with Gasteiger partial charge in [0.05, 0.1) is 22.8 Å². The predicted molar refractivity (Wildman–Crippen MR) is 133 cm³/mol. The highest BCUT2D eigenvalue weighted by atomic mass is 32.2. The number of carbonyl (C=O) groups is 3. The van der Waals surface area contributed by atoms with E-state index in [9.17, 15) is 22.8 Å². The molecule has 1 N–H and O–H groups in total. The number of aromatic nitrogens is 1. The van der Waals surface area contributed by atoms with Crippen LogP contribution in [0.25, 0.3) is 10.9 Å². The maximum atomic E-state index is 13.3. The number of likely N-dealkylation sites (N-methyl/N-ethyl adjacent to an activating group) is 1. The van der Waals surface area contributed by atoms with Crippen molar-refractivity contribution in [3.8, 4) is 0 Å². The van der Waals surface area contributed by atoms with Crippen LogP contribution >= 0.6 is 0 Å². The van der Waals surface area contributed by atoms with Crippen molar-refractivity contribution in [2.75, 3.05) is 30.8 Å². The van der Waals surface area contributed by atoms with Gasteiger partial charge in [-0.25, -0.2) is 13.2 Å². The van der Waals surface area contributed by atoms with Crippen LogP contribution in [0.3, 0.4) is 0 Å². The van der Waals surface area contributed by atoms with Crippen LogP contribution < -0.4 is 5.32 Å². The minimum absolute atomic E-state index is 0.0170. The van der Waals surface area contributed by atoms with E-state index in [1.165, 1.54) is 18.3 Å². The van der Waals surface area contributed by atoms with E-state index in [0.717, 1.165) is 0 Å². The minimum Gasteiger partial charge on any atom is -0.462 e. The van der Waals surface area contributed by atoms with E-state index in [2.05, 4.69) is 5.32 Å². The van der Waals surface area contributed by atoms with Gasteiger partial charge in [-0.1, -0.05) is 30.3 Å². The quantitative estimate of drug-likeness (QED) is 0.429. The molecule has 0 aliphatic carbocycles. The Morgan fingerprint density at radius 2 is 1.63 bits per heavy atom. The first kappa shape index (κ1) is 26.0. The number of para-hydroxylation sites is 2. The molecule has 3 aromatic rings. The second-order valence-corrected chi connectivity index (χ2v) is 9.74. The molecule has 0 unspecified atom stereocenters. The maximum absolute atomic E-state index is 13.3. The van der Waals surface area contributed by atoms with Gasteiger partial charge in [0.1, 0.15) is 12.3 Å². The number of hydrogen-bond acceptors (Lipinski definition) is 6. The molecule has 0 aliphatic rings. The van der Waals surface area contributed by atoms with Gasteiger partial charge in [-0.2, -0.15) is 0 Å². The van der Waals surface area contributed by atoms with Crippen molar-refractivity contribution >= 4 is 44.2 Å². The summed E-state index contributed by atoms with van der Waals surface area (Å²) in [4.78, 5) is 39.1. The normalized spacial score (nSPS) is 11.3. The molecule has 0 aliphatic heterocycles. The first-order chi connectivity index (χ1) is 16.7. The molecule has 35 heavy (non-hydrogen) atoms. The lowest BCUT2D eigenvalue weighted by Gasteiger charge is -2.19. The Kier molecular flexibility index (Phi) is 8.29. The number of fused-ring (bicyclic) bond motifs is 1. The Hall–Kier alpha value is -3.66. The fourth-order valence-corrected chi connectivity index (χ4v) is 5.20. The van der Waals surface area contributed by atoms with Crippen LogP contribution in [0.4, 0.5) is 5.69 Å². The smallest absolute Gasteiger partial charge is 0.340 e. The zero-order chi connectivity index (χ0) is 25.6. The molecule has 10 heteroatoms. The molecule has 0 fully saturated rings. The van der Waals surface area contributed by atoms with Crippen molar-refractivity contribution in [3.63, 3.8) is 0 Å². The Bertz CT molecular complexity index is 1340. The molecule has 2 aromatic carbocycles. The third kappa shape index (κ3) is 5.89. The third-order valence-electron chi connectivity index (χ3n) is 5.53. The molecule has 0 atom stereocenters. The molecule has 0 saturated heterocycles. The SMILES string of the molecule is CCOC(=O)c1ccccc1NC(=O)CS(=O)(=O)c1cn(CC(=O)N(CC)CC)c2ccccc12. The van der Waals surface area contributed by atoms with E-state index in [0.29, 0.717) is 24.0 Å². The van der Waals surface area contributed by atoms with Crippen LogP contribution in [0.1, 0.15) is 31.1 Å². The molecular formula is C25H29N3O6S. The second kappa shape index (κ2) is 11.2. The van der Waals surface area contributed by atoms with Gasteiger partial charge in [-0.15, -0.1) is 0 Å². The van der Waals surface area contributed by atoms with E-state index in [1.54, 1.807) is 52.8 Å². The zero-order valence-electron chi connectivity index (χ0n) is 20.0. The van der Waals surface area contributed by atoms with Crippen molar-refractivity contribution in [2.24, 2.45) is 0 Å². The van der Waals surface area contributed by atoms with Crippen molar-refractivity contribution < 1.29 is 27.5 Å². The van der Waals surface area contributed by atoms with E-state index >= 15 is 0 Å². The van der Waals surface area contributed by atoms with Crippen LogP contribution in [0.15, 0.2) is 59.6 Å². The number of nitrogens with zero attached hydrogens (tertiary/aromatic N) is 2. The third-order valence-corrected chi connectivity index (χ3v) is 7.16. The zero-order valence-corrected chi connectivity index (χ0v) is 20.8. The number of benzene rings is 2. The average molecular weight is 500 g/mol. The topological polar surface area (TPSA) is 115 Å². The molecule has 3 rings (SSSR count). The largest absolute Gasteiger partial charge is 0.462 e. The Morgan fingerprint density at radius 1 is 0.971 bits per heavy atom. The Labute approximate surface area is 204 Å². The van der Waals surface area contributed by atoms with Crippen LogP contribution in [-0.4, -0.2) is 61.1 Å². The number of anilines is 1. The summed E-state index contributed by atoms with van der Waals surface area (Å²) in [5, 5.41) is 2.94. The Balaban J connectivity index is 1.87. The standard InChI is InChI=1S/C25H29N3O6S/c1-4-27(5-2)24(30)16-28-15-22(19-12-8-10-14-21(19)28)35(32,33)17-23(29)26-20-13-9-7-11-18(20)25(31)34-6-3/h7-15H,4-6,16-17H2,1-3H3,(H,26,29). The summed E-state index contributed by atoms with van der Waals surface area (Å²) in [5.74, 6) is -2.37. The van der Waals surface area contributed by atoms with Crippen molar-refractivity contribution in [3.05, 3.63) is 60.3 Å². The molecule has 0 saturated carbocycles. The number of hydrogen-bond donors (Lipinski definition) is 1. The van der Waals surface area contributed by atoms with Gasteiger partial charge in [-0.3, -0.25) is 9.59 Å². The van der Waals surface area contributed by atoms with Crippen LogP contribution in [0.5, 0.6) is 0 Å². The lowest BCUT2D eigenvalue weighted by molar-refractivity contribution is -0.131. The lowest BCUT2D eigenvalue weighted by atomic mass is 10.2. The second-order valence-electron chi connectivity index (χ2n) is 7.78. The minimum atomic E-state index is -4.07. The highest BCUT2D eigenvalue weighted by Crippen LogP contribution is 2.27. The fraction of sp³-hybridized carbons (Fsp3) is 0.320. The van der Waals surface area contributed by atoms with Crippen LogP contribution in [0.2, 0.25) is 0 Å². The van der Waals surface area contributed by atoms with Gasteiger partial charge in [0.2, 0.25) is 11.8 Å². The summed E-state index contributed by atoms with van der Waals surface area (Å²) in [6.45, 7) is 6.67. The molecule has 0 spiro atoms. The summed E-state index contributed by atoms with van der Waals surface area (Å²) in [6.07, 6.45) is 1.40. The number of amides is 2. The van der Waals surface area contributed by atoms with Crippen molar-refractivity contribution in [2.45, 2.75) is 32.2 Å². The number of ether oxygens (including phenoxy) is 1. The predicted octanol–water partition coefficient (Wildman–Crippen LogP) is 3.10. The summed E-state index contributed by atoms with van der Waals surface area (Å²) >= 11 is 0. The van der Waals surface area contributed by atoms with Gasteiger partial charge in [0, 0.05) is 30.2 Å². The van der Waals surface area contributed by atoms with Gasteiger partial charge in [-0.05, 0) is 39.0 Å². The molecular weight excluding hydrogens is 470 g/mol. The average Bonchev–Trinajstić information content (AvgIpc) is 3.19. The van der Waals surface area contributed by atoms with E-state index in [4.69, 9.17) is 4.74 Å². The summed E-state index contributed by atoms with van der Waals surface area (Å²) in [5.41, 5.74) is 0.879. The fourth-order valence-electron chi connectivity index (χ4n) is 3.83. The van der Waals surface area contributed by atoms with Gasteiger partial charge in [0.15, 0.2) is 9.84 Å². The first-order valence-corrected chi connectivity index (χ1v) is 13.0.